The summed E-state index contributed by atoms with van der Waals surface area (Å²) in [6.45, 7) is 1.05. The van der Waals surface area contributed by atoms with Crippen molar-refractivity contribution in [2.75, 3.05) is 20.2 Å². The number of nitrogens with zero attached hydrogens (tertiary/aromatic N) is 2. The minimum atomic E-state index is -0.00355. The Kier molecular flexibility index (Phi) is 6.60. The highest BCUT2D eigenvalue weighted by molar-refractivity contribution is 5.79. The number of hydrogen-bond donors (Lipinski definition) is 3. The first-order chi connectivity index (χ1) is 13.3. The van der Waals surface area contributed by atoms with Crippen LogP contribution in [0.3, 0.4) is 0 Å². The number of oxazole rings is 1. The van der Waals surface area contributed by atoms with Gasteiger partial charge in [-0.05, 0) is 5.56 Å². The summed E-state index contributed by atoms with van der Waals surface area (Å²) in [7, 11) is 1.71. The third kappa shape index (κ3) is 5.18. The second kappa shape index (κ2) is 9.54. The number of nitrogens with one attached hydrogen (secondary N) is 2. The Morgan fingerprint density at radius 3 is 2.44 bits per heavy atom. The highest BCUT2D eigenvalue weighted by Crippen LogP contribution is 2.19. The number of aromatic nitrogens is 1. The summed E-state index contributed by atoms with van der Waals surface area (Å²) in [4.78, 5) is 8.52. The summed E-state index contributed by atoms with van der Waals surface area (Å²) in [6, 6.07) is 19.8. The second-order valence-electron chi connectivity index (χ2n) is 6.08. The zero-order valence-electron chi connectivity index (χ0n) is 15.3. The van der Waals surface area contributed by atoms with Gasteiger partial charge in [-0.2, -0.15) is 0 Å². The quantitative estimate of drug-likeness (QED) is 0.444. The smallest absolute Gasteiger partial charge is 0.214 e. The van der Waals surface area contributed by atoms with E-state index in [2.05, 4.69) is 20.6 Å². The molecule has 0 aliphatic carbocycles. The molecule has 1 unspecified atom stereocenters. The first-order valence-corrected chi connectivity index (χ1v) is 8.90. The van der Waals surface area contributed by atoms with Crippen LogP contribution >= 0.6 is 0 Å². The van der Waals surface area contributed by atoms with E-state index >= 15 is 0 Å². The summed E-state index contributed by atoms with van der Waals surface area (Å²) in [6.07, 6.45) is 1.72. The van der Waals surface area contributed by atoms with Gasteiger partial charge in [-0.15, -0.1) is 0 Å². The van der Waals surface area contributed by atoms with Crippen molar-refractivity contribution in [3.63, 3.8) is 0 Å². The minimum absolute atomic E-state index is 0.00355. The molecule has 1 aromatic heterocycles. The van der Waals surface area contributed by atoms with Gasteiger partial charge in [0.05, 0.1) is 19.3 Å². The predicted molar refractivity (Wildman–Crippen MR) is 106 cm³/mol. The number of guanidine groups is 1. The number of aliphatic hydroxyl groups excluding tert-OH is 1. The van der Waals surface area contributed by atoms with E-state index in [0.29, 0.717) is 24.9 Å². The molecule has 140 valence electrons. The van der Waals surface area contributed by atoms with Gasteiger partial charge < -0.3 is 20.2 Å². The molecule has 1 atom stereocenters. The van der Waals surface area contributed by atoms with E-state index in [1.807, 2.05) is 60.7 Å². The van der Waals surface area contributed by atoms with Crippen LogP contribution in [0.15, 0.2) is 76.3 Å². The van der Waals surface area contributed by atoms with Gasteiger partial charge >= 0.3 is 0 Å². The molecular formula is C21H24N4O2. The van der Waals surface area contributed by atoms with Gasteiger partial charge in [0.1, 0.15) is 0 Å². The van der Waals surface area contributed by atoms with E-state index in [0.717, 1.165) is 16.9 Å². The van der Waals surface area contributed by atoms with Gasteiger partial charge in [0.2, 0.25) is 5.89 Å². The molecule has 2 aromatic carbocycles. The van der Waals surface area contributed by atoms with Crippen LogP contribution in [0.4, 0.5) is 0 Å². The van der Waals surface area contributed by atoms with Crippen molar-refractivity contribution in [1.82, 2.24) is 15.6 Å². The SMILES string of the molecule is CN=C(NCc1ncc(-c2ccccc2)o1)NCC(CO)c1ccccc1. The molecule has 3 N–H and O–H groups in total. The zero-order chi connectivity index (χ0) is 18.9. The van der Waals surface area contributed by atoms with Crippen LogP contribution in [0.25, 0.3) is 11.3 Å². The van der Waals surface area contributed by atoms with Crippen molar-refractivity contribution in [3.8, 4) is 11.3 Å². The average Bonchev–Trinajstić information content (AvgIpc) is 3.21. The highest BCUT2D eigenvalue weighted by atomic mass is 16.4. The topological polar surface area (TPSA) is 82.7 Å². The highest BCUT2D eigenvalue weighted by Gasteiger charge is 2.11. The first-order valence-electron chi connectivity index (χ1n) is 8.90. The maximum Gasteiger partial charge on any atom is 0.214 e. The Morgan fingerprint density at radius 1 is 1.07 bits per heavy atom. The Balaban J connectivity index is 1.53. The molecule has 0 aliphatic heterocycles. The van der Waals surface area contributed by atoms with Crippen molar-refractivity contribution in [2.24, 2.45) is 4.99 Å². The van der Waals surface area contributed by atoms with Crippen LogP contribution < -0.4 is 10.6 Å². The fourth-order valence-electron chi connectivity index (χ4n) is 2.74. The summed E-state index contributed by atoms with van der Waals surface area (Å²) < 4.78 is 5.78. The van der Waals surface area contributed by atoms with Gasteiger partial charge in [-0.3, -0.25) is 4.99 Å². The number of aliphatic imine (C=N–C) groups is 1. The van der Waals surface area contributed by atoms with E-state index in [4.69, 9.17) is 4.42 Å². The van der Waals surface area contributed by atoms with Crippen LogP contribution in [0.1, 0.15) is 17.4 Å². The molecule has 0 saturated carbocycles. The van der Waals surface area contributed by atoms with Crippen LogP contribution in [0, 0.1) is 0 Å². The van der Waals surface area contributed by atoms with Crippen molar-refractivity contribution >= 4 is 5.96 Å². The van der Waals surface area contributed by atoms with E-state index < -0.39 is 0 Å². The van der Waals surface area contributed by atoms with Crippen molar-refractivity contribution in [3.05, 3.63) is 78.3 Å². The summed E-state index contributed by atoms with van der Waals surface area (Å²) >= 11 is 0. The lowest BCUT2D eigenvalue weighted by molar-refractivity contribution is 0.265. The van der Waals surface area contributed by atoms with Crippen LogP contribution in [0.5, 0.6) is 0 Å². The first kappa shape index (κ1) is 18.7. The maximum absolute atomic E-state index is 9.66. The Labute approximate surface area is 159 Å². The number of rotatable bonds is 7. The monoisotopic (exact) mass is 364 g/mol. The standard InChI is InChI=1S/C21H24N4O2/c1-22-21(24-12-18(15-26)16-8-4-2-5-9-16)25-14-20-23-13-19(27-20)17-10-6-3-7-11-17/h2-11,13,18,26H,12,14-15H2,1H3,(H2,22,24,25). The van der Waals surface area contributed by atoms with Gasteiger partial charge in [0.25, 0.3) is 0 Å². The van der Waals surface area contributed by atoms with Crippen molar-refractivity contribution < 1.29 is 9.52 Å². The molecule has 0 fully saturated rings. The second-order valence-corrected chi connectivity index (χ2v) is 6.08. The fraction of sp³-hybridized carbons (Fsp3) is 0.238. The number of benzene rings is 2. The zero-order valence-corrected chi connectivity index (χ0v) is 15.3. The lowest BCUT2D eigenvalue weighted by Crippen LogP contribution is -2.39. The van der Waals surface area contributed by atoms with E-state index in [1.165, 1.54) is 0 Å². The average molecular weight is 364 g/mol. The van der Waals surface area contributed by atoms with Crippen LogP contribution in [0.2, 0.25) is 0 Å². The molecule has 0 saturated heterocycles. The van der Waals surface area contributed by atoms with Gasteiger partial charge in [-0.25, -0.2) is 4.98 Å². The van der Waals surface area contributed by atoms with Crippen molar-refractivity contribution in [2.45, 2.75) is 12.5 Å². The molecule has 6 nitrogen and oxygen atoms in total. The molecule has 0 spiro atoms. The van der Waals surface area contributed by atoms with E-state index in [9.17, 15) is 5.11 Å². The number of aliphatic hydroxyl groups is 1. The molecule has 3 aromatic rings. The van der Waals surface area contributed by atoms with Gasteiger partial charge in [0.15, 0.2) is 11.7 Å². The number of hydrogen-bond acceptors (Lipinski definition) is 4. The molecule has 3 rings (SSSR count). The minimum Gasteiger partial charge on any atom is -0.439 e. The van der Waals surface area contributed by atoms with Crippen LogP contribution in [-0.2, 0) is 6.54 Å². The fourth-order valence-corrected chi connectivity index (χ4v) is 2.74. The molecule has 6 heteroatoms. The maximum atomic E-state index is 9.66. The molecule has 1 heterocycles. The molecule has 0 bridgehead atoms. The lowest BCUT2D eigenvalue weighted by Gasteiger charge is -2.17. The normalized spacial score (nSPS) is 12.6. The third-order valence-electron chi connectivity index (χ3n) is 4.25. The van der Waals surface area contributed by atoms with E-state index in [-0.39, 0.29) is 12.5 Å². The third-order valence-corrected chi connectivity index (χ3v) is 4.25. The van der Waals surface area contributed by atoms with Gasteiger partial charge in [-0.1, -0.05) is 60.7 Å². The molecule has 0 amide bonds. The molecule has 0 aliphatic rings. The largest absolute Gasteiger partial charge is 0.439 e. The molecule has 0 radical (unpaired) electrons. The lowest BCUT2D eigenvalue weighted by atomic mass is 10.0. The summed E-state index contributed by atoms with van der Waals surface area (Å²) in [5, 5.41) is 16.1. The Bertz CT molecular complexity index is 847. The summed E-state index contributed by atoms with van der Waals surface area (Å²) in [5.41, 5.74) is 2.08. The van der Waals surface area contributed by atoms with E-state index in [1.54, 1.807) is 13.2 Å². The van der Waals surface area contributed by atoms with Crippen LogP contribution in [-0.4, -0.2) is 36.2 Å². The molecular weight excluding hydrogens is 340 g/mol. The van der Waals surface area contributed by atoms with Gasteiger partial charge in [0, 0.05) is 25.1 Å². The molecule has 27 heavy (non-hydrogen) atoms. The van der Waals surface area contributed by atoms with Crippen molar-refractivity contribution in [1.29, 1.82) is 0 Å². The Morgan fingerprint density at radius 2 is 1.78 bits per heavy atom. The summed E-state index contributed by atoms with van der Waals surface area (Å²) in [5.74, 6) is 1.94. The Hall–Kier alpha value is -3.12. The predicted octanol–water partition coefficient (Wildman–Crippen LogP) is 2.78.